The summed E-state index contributed by atoms with van der Waals surface area (Å²) in [6.45, 7) is 1.73. The van der Waals surface area contributed by atoms with Gasteiger partial charge in [0.05, 0.1) is 21.7 Å². The summed E-state index contributed by atoms with van der Waals surface area (Å²) in [5.41, 5.74) is -2.52. The third-order valence-electron chi connectivity index (χ3n) is 3.75. The van der Waals surface area contributed by atoms with Gasteiger partial charge in [-0.1, -0.05) is 12.6 Å². The van der Waals surface area contributed by atoms with Crippen molar-refractivity contribution in [2.24, 2.45) is 0 Å². The summed E-state index contributed by atoms with van der Waals surface area (Å²) in [6, 6.07) is 2.89. The SMILES string of the molecule is Cc1sc(C(=O)S)cc1-c1nc(-c2cc(C(F)(F)F)cc(C(F)(F)F)c2)cs1. The fourth-order valence-corrected chi connectivity index (χ4v) is 4.46. The van der Waals surface area contributed by atoms with Crippen molar-refractivity contribution in [2.75, 3.05) is 0 Å². The number of rotatable bonds is 3. The monoisotopic (exact) mass is 453 g/mol. The number of carbonyl (C=O) groups excluding carboxylic acids is 1. The Morgan fingerprint density at radius 2 is 1.57 bits per heavy atom. The van der Waals surface area contributed by atoms with Gasteiger partial charge in [0, 0.05) is 21.4 Å². The molecule has 2 nitrogen and oxygen atoms in total. The molecule has 0 atom stereocenters. The molecule has 2 heterocycles. The summed E-state index contributed by atoms with van der Waals surface area (Å²) in [7, 11) is 0. The fourth-order valence-electron chi connectivity index (χ4n) is 2.43. The summed E-state index contributed by atoms with van der Waals surface area (Å²) < 4.78 is 78.2. The highest BCUT2D eigenvalue weighted by Gasteiger charge is 2.37. The molecule has 3 aromatic rings. The number of benzene rings is 1. The Morgan fingerprint density at radius 3 is 2.04 bits per heavy atom. The Morgan fingerprint density at radius 1 is 1.00 bits per heavy atom. The molecule has 28 heavy (non-hydrogen) atoms. The number of carbonyl (C=O) groups is 1. The Bertz CT molecular complexity index is 1020. The molecule has 2 aromatic heterocycles. The second-order valence-electron chi connectivity index (χ2n) is 5.72. The van der Waals surface area contributed by atoms with Crippen LogP contribution in [-0.4, -0.2) is 10.1 Å². The van der Waals surface area contributed by atoms with Gasteiger partial charge in [-0.25, -0.2) is 4.98 Å². The largest absolute Gasteiger partial charge is 0.416 e. The molecule has 3 rings (SSSR count). The van der Waals surface area contributed by atoms with Crippen LogP contribution in [0.15, 0.2) is 29.6 Å². The van der Waals surface area contributed by atoms with Gasteiger partial charge in [0.25, 0.3) is 0 Å². The first-order chi connectivity index (χ1) is 12.9. The molecule has 0 N–H and O–H groups in total. The lowest BCUT2D eigenvalue weighted by molar-refractivity contribution is -0.143. The molecular weight excluding hydrogens is 444 g/mol. The van der Waals surface area contributed by atoms with Crippen LogP contribution in [0, 0.1) is 6.92 Å². The first-order valence-corrected chi connectivity index (χ1v) is 9.60. The molecular formula is C17H9F6NOS3. The molecule has 11 heteroatoms. The molecule has 0 aliphatic rings. The molecule has 0 aliphatic heterocycles. The van der Waals surface area contributed by atoms with E-state index < -0.39 is 28.6 Å². The van der Waals surface area contributed by atoms with Gasteiger partial charge in [0.1, 0.15) is 5.01 Å². The second-order valence-corrected chi connectivity index (χ2v) is 8.24. The molecule has 0 bridgehead atoms. The topological polar surface area (TPSA) is 30.0 Å². The van der Waals surface area contributed by atoms with Crippen molar-refractivity contribution in [3.63, 3.8) is 0 Å². The number of halogens is 6. The Hall–Kier alpha value is -1.85. The van der Waals surface area contributed by atoms with E-state index in [1.54, 1.807) is 13.0 Å². The third-order valence-corrected chi connectivity index (χ3v) is 6.06. The lowest BCUT2D eigenvalue weighted by Gasteiger charge is -2.13. The lowest BCUT2D eigenvalue weighted by Crippen LogP contribution is -2.11. The number of thiol groups is 1. The molecule has 0 fully saturated rings. The number of hydrogen-bond donors (Lipinski definition) is 1. The standard InChI is InChI=1S/C17H9F6NOS3/c1-7-11(5-13(28-7)15(25)26)14-24-12(6-27-14)8-2-9(16(18,19)20)4-10(3-8)17(21,22)23/h2-6H,1H3,(H,25,26). The normalized spacial score (nSPS) is 12.4. The van der Waals surface area contributed by atoms with Crippen LogP contribution >= 0.6 is 35.3 Å². The molecule has 0 aliphatic carbocycles. The van der Waals surface area contributed by atoms with E-state index in [-0.39, 0.29) is 17.3 Å². The van der Waals surface area contributed by atoms with E-state index in [1.165, 1.54) is 16.7 Å². The summed E-state index contributed by atoms with van der Waals surface area (Å²) >= 11 is 5.98. The van der Waals surface area contributed by atoms with E-state index in [0.717, 1.165) is 16.2 Å². The van der Waals surface area contributed by atoms with Crippen LogP contribution in [0.1, 0.15) is 25.7 Å². The number of alkyl halides is 6. The average molecular weight is 453 g/mol. The zero-order valence-corrected chi connectivity index (χ0v) is 16.3. The van der Waals surface area contributed by atoms with Crippen molar-refractivity contribution in [3.05, 3.63) is 50.5 Å². The van der Waals surface area contributed by atoms with E-state index in [2.05, 4.69) is 17.6 Å². The molecule has 0 saturated carbocycles. The van der Waals surface area contributed by atoms with Crippen molar-refractivity contribution < 1.29 is 31.1 Å². The highest BCUT2D eigenvalue weighted by Crippen LogP contribution is 2.40. The minimum atomic E-state index is -4.93. The van der Waals surface area contributed by atoms with Crippen LogP contribution in [0.2, 0.25) is 0 Å². The first kappa shape index (κ1) is 20.9. The summed E-state index contributed by atoms with van der Waals surface area (Å²) in [4.78, 5) is 16.7. The van der Waals surface area contributed by atoms with Crippen LogP contribution < -0.4 is 0 Å². The number of hydrogen-bond acceptors (Lipinski definition) is 4. The first-order valence-electron chi connectivity index (χ1n) is 7.45. The van der Waals surface area contributed by atoms with Crippen LogP contribution in [0.25, 0.3) is 21.8 Å². The van der Waals surface area contributed by atoms with E-state index in [1.807, 2.05) is 0 Å². The highest BCUT2D eigenvalue weighted by molar-refractivity contribution is 7.97. The molecule has 0 spiro atoms. The van der Waals surface area contributed by atoms with Crippen LogP contribution in [0.4, 0.5) is 26.3 Å². The Balaban J connectivity index is 2.09. The van der Waals surface area contributed by atoms with Gasteiger partial charge < -0.3 is 0 Å². The van der Waals surface area contributed by atoms with E-state index in [4.69, 9.17) is 0 Å². The van der Waals surface area contributed by atoms with Gasteiger partial charge in [-0.15, -0.1) is 22.7 Å². The second kappa shape index (κ2) is 7.20. The van der Waals surface area contributed by atoms with Gasteiger partial charge in [-0.05, 0) is 31.2 Å². The number of nitrogens with zero attached hydrogens (tertiary/aromatic N) is 1. The van der Waals surface area contributed by atoms with Crippen LogP contribution in [0.3, 0.4) is 0 Å². The number of aryl methyl sites for hydroxylation is 1. The van der Waals surface area contributed by atoms with E-state index in [9.17, 15) is 31.1 Å². The summed E-state index contributed by atoms with van der Waals surface area (Å²) in [6.07, 6.45) is -9.86. The summed E-state index contributed by atoms with van der Waals surface area (Å²) in [5, 5.41) is 1.32. The zero-order chi connectivity index (χ0) is 20.9. The van der Waals surface area contributed by atoms with Gasteiger partial charge >= 0.3 is 12.4 Å². The van der Waals surface area contributed by atoms with Gasteiger partial charge in [0.15, 0.2) is 0 Å². The van der Waals surface area contributed by atoms with Crippen molar-refractivity contribution in [3.8, 4) is 21.8 Å². The molecule has 0 unspecified atom stereocenters. The maximum absolute atomic E-state index is 13.0. The summed E-state index contributed by atoms with van der Waals surface area (Å²) in [5.74, 6) is 0. The molecule has 0 radical (unpaired) electrons. The number of thiophene rings is 1. The predicted molar refractivity (Wildman–Crippen MR) is 98.9 cm³/mol. The van der Waals surface area contributed by atoms with E-state index >= 15 is 0 Å². The maximum Gasteiger partial charge on any atom is 0.416 e. The molecule has 0 saturated heterocycles. The van der Waals surface area contributed by atoms with E-state index in [0.29, 0.717) is 27.6 Å². The maximum atomic E-state index is 13.0. The Kier molecular flexibility index (Phi) is 5.36. The minimum Gasteiger partial charge on any atom is -0.281 e. The predicted octanol–water partition coefficient (Wildman–Crippen LogP) is 6.95. The quantitative estimate of drug-likeness (QED) is 0.343. The van der Waals surface area contributed by atoms with Crippen molar-refractivity contribution in [1.29, 1.82) is 0 Å². The number of aromatic nitrogens is 1. The zero-order valence-electron chi connectivity index (χ0n) is 13.8. The van der Waals surface area contributed by atoms with Crippen LogP contribution in [0.5, 0.6) is 0 Å². The fraction of sp³-hybridized carbons (Fsp3) is 0.176. The molecule has 148 valence electrons. The van der Waals surface area contributed by atoms with Crippen LogP contribution in [-0.2, 0) is 12.4 Å². The number of thiazole rings is 1. The van der Waals surface area contributed by atoms with Crippen molar-refractivity contribution in [2.45, 2.75) is 19.3 Å². The minimum absolute atomic E-state index is 0.0130. The van der Waals surface area contributed by atoms with Gasteiger partial charge in [-0.3, -0.25) is 4.79 Å². The highest BCUT2D eigenvalue weighted by atomic mass is 32.1. The third kappa shape index (κ3) is 4.26. The lowest BCUT2D eigenvalue weighted by atomic mass is 10.0. The smallest absolute Gasteiger partial charge is 0.281 e. The van der Waals surface area contributed by atoms with Crippen molar-refractivity contribution in [1.82, 2.24) is 4.98 Å². The molecule has 1 aromatic carbocycles. The van der Waals surface area contributed by atoms with Gasteiger partial charge in [-0.2, -0.15) is 26.3 Å². The van der Waals surface area contributed by atoms with Crippen molar-refractivity contribution >= 4 is 40.4 Å². The molecule has 0 amide bonds. The average Bonchev–Trinajstić information content (AvgIpc) is 3.19. The Labute approximate surface area is 168 Å². The van der Waals surface area contributed by atoms with Gasteiger partial charge in [0.2, 0.25) is 5.12 Å².